The molecule has 0 unspecified atom stereocenters. The Morgan fingerprint density at radius 2 is 1.50 bits per heavy atom. The lowest BCUT2D eigenvalue weighted by atomic mass is 9.77. The minimum absolute atomic E-state index is 0.00537. The maximum atomic E-state index is 14.1. The predicted octanol–water partition coefficient (Wildman–Crippen LogP) is 11.0. The number of esters is 1. The van der Waals surface area contributed by atoms with Crippen molar-refractivity contribution in [2.45, 2.75) is 76.7 Å². The fourth-order valence-corrected chi connectivity index (χ4v) is 8.82. The van der Waals surface area contributed by atoms with E-state index in [1.54, 1.807) is 37.4 Å². The molecule has 2 N–H and O–H groups in total. The predicted molar refractivity (Wildman–Crippen MR) is 243 cm³/mol. The molecule has 0 radical (unpaired) electrons. The summed E-state index contributed by atoms with van der Waals surface area (Å²) >= 11 is 5.77. The number of aromatic nitrogens is 4. The van der Waals surface area contributed by atoms with Crippen LogP contribution in [0.1, 0.15) is 96.0 Å². The molecule has 0 fully saturated rings. The van der Waals surface area contributed by atoms with Crippen LogP contribution >= 0.6 is 12.2 Å². The molecule has 64 heavy (non-hydrogen) atoms. The van der Waals surface area contributed by atoms with E-state index in [4.69, 9.17) is 31.4 Å². The van der Waals surface area contributed by atoms with Gasteiger partial charge in [-0.15, -0.1) is 5.10 Å². The molecule has 1 spiro atoms. The van der Waals surface area contributed by atoms with Gasteiger partial charge in [0.25, 0.3) is 0 Å². The highest BCUT2D eigenvalue weighted by molar-refractivity contribution is 7.80. The molecular weight excluding hydrogens is 832 g/mol. The lowest BCUT2D eigenvalue weighted by Gasteiger charge is -2.36. The molecule has 0 aliphatic carbocycles. The second-order valence-corrected chi connectivity index (χ2v) is 17.0. The molecule has 2 aliphatic rings. The first kappa shape index (κ1) is 42.3. The van der Waals surface area contributed by atoms with Crippen molar-refractivity contribution in [3.8, 4) is 45.8 Å². The smallest absolute Gasteiger partial charge is 0.340 e. The van der Waals surface area contributed by atoms with Gasteiger partial charge in [0.1, 0.15) is 46.0 Å². The molecule has 2 aromatic heterocycles. The third kappa shape index (κ3) is 8.67. The number of rotatable bonds is 17. The number of phenolic OH excluding ortho intramolecular Hbond substituents is 2. The van der Waals surface area contributed by atoms with Crippen molar-refractivity contribution < 1.29 is 38.4 Å². The van der Waals surface area contributed by atoms with Gasteiger partial charge in [0.2, 0.25) is 0 Å². The summed E-state index contributed by atoms with van der Waals surface area (Å²) in [5.74, 6) is 0.882. The van der Waals surface area contributed by atoms with Gasteiger partial charge in [0, 0.05) is 53.5 Å². The molecular formula is C51H45FN4O7S. The minimum atomic E-state index is -1.29. The normalized spacial score (nSPS) is 13.2. The van der Waals surface area contributed by atoms with Crippen LogP contribution in [0.25, 0.3) is 28.0 Å². The van der Waals surface area contributed by atoms with Crippen molar-refractivity contribution in [2.24, 2.45) is 0 Å². The van der Waals surface area contributed by atoms with Crippen molar-refractivity contribution in [1.82, 2.24) is 20.0 Å². The molecule has 5 aromatic carbocycles. The molecule has 0 atom stereocenters. The number of benzene rings is 5. The summed E-state index contributed by atoms with van der Waals surface area (Å²) in [6.07, 6.45) is 9.62. The summed E-state index contributed by atoms with van der Waals surface area (Å²) < 4.78 is 33.8. The molecule has 0 saturated heterocycles. The Kier molecular flexibility index (Phi) is 11.9. The number of halogens is 1. The zero-order chi connectivity index (χ0) is 44.4. The minimum Gasteiger partial charge on any atom is -0.508 e. The second-order valence-electron chi connectivity index (χ2n) is 16.4. The van der Waals surface area contributed by atoms with Crippen LogP contribution in [0.15, 0.2) is 109 Å². The van der Waals surface area contributed by atoms with Crippen molar-refractivity contribution >= 4 is 39.7 Å². The van der Waals surface area contributed by atoms with Crippen LogP contribution in [0.4, 0.5) is 4.39 Å². The van der Waals surface area contributed by atoms with Crippen molar-refractivity contribution in [1.29, 1.82) is 0 Å². The molecule has 11 nitrogen and oxygen atoms in total. The average Bonchev–Trinajstić information content (AvgIpc) is 3.89. The van der Waals surface area contributed by atoms with Crippen LogP contribution in [0.3, 0.4) is 0 Å². The lowest BCUT2D eigenvalue weighted by molar-refractivity contribution is -0.119. The first-order valence-electron chi connectivity index (χ1n) is 21.5. The Hall–Kier alpha value is -6.99. The van der Waals surface area contributed by atoms with Gasteiger partial charge in [-0.25, -0.2) is 18.9 Å². The molecule has 9 rings (SSSR count). The van der Waals surface area contributed by atoms with Crippen molar-refractivity contribution in [3.05, 3.63) is 149 Å². The molecule has 7 aromatic rings. The maximum absolute atomic E-state index is 14.1. The Labute approximate surface area is 374 Å². The van der Waals surface area contributed by atoms with Crippen LogP contribution in [-0.4, -0.2) is 53.4 Å². The number of carbonyl (C=O) groups is 2. The van der Waals surface area contributed by atoms with Gasteiger partial charge < -0.3 is 24.4 Å². The fourth-order valence-electron chi connectivity index (χ4n) is 8.51. The van der Waals surface area contributed by atoms with Gasteiger partial charge in [-0.2, -0.15) is 0 Å². The number of fused-ring (bicyclic) bond motifs is 7. The van der Waals surface area contributed by atoms with E-state index in [9.17, 15) is 24.2 Å². The molecule has 324 valence electrons. The highest BCUT2D eigenvalue weighted by atomic mass is 32.1. The lowest BCUT2D eigenvalue weighted by Crippen LogP contribution is -2.32. The summed E-state index contributed by atoms with van der Waals surface area (Å²) in [5, 5.41) is 29.7. The maximum Gasteiger partial charge on any atom is 0.340 e. The Morgan fingerprint density at radius 3 is 2.27 bits per heavy atom. The number of carbonyl (C=O) groups excluding carboxylic acids is 2. The van der Waals surface area contributed by atoms with Gasteiger partial charge in [-0.05, 0) is 115 Å². The van der Waals surface area contributed by atoms with Gasteiger partial charge in [0.05, 0.1) is 35.3 Å². The van der Waals surface area contributed by atoms with Crippen molar-refractivity contribution in [2.75, 3.05) is 6.61 Å². The Balaban J connectivity index is 0.677. The molecule has 4 heterocycles. The monoisotopic (exact) mass is 876 g/mol. The third-order valence-electron chi connectivity index (χ3n) is 11.9. The first-order chi connectivity index (χ1) is 31.0. The van der Waals surface area contributed by atoms with E-state index in [-0.39, 0.29) is 23.1 Å². The highest BCUT2D eigenvalue weighted by Crippen LogP contribution is 2.57. The zero-order valence-corrected chi connectivity index (χ0v) is 36.0. The number of hydrogen-bond acceptors (Lipinski definition) is 11. The number of pyridine rings is 1. The number of nitrogens with zero attached hydrogens (tertiary/aromatic N) is 4. The fraction of sp³-hybridized carbons (Fsp3) is 0.255. The van der Waals surface area contributed by atoms with Crippen molar-refractivity contribution in [3.63, 3.8) is 0 Å². The van der Waals surface area contributed by atoms with Crippen LogP contribution < -0.4 is 9.47 Å². The number of thiocarbonyl (C=S) groups is 1. The molecule has 13 heteroatoms. The van der Waals surface area contributed by atoms with Gasteiger partial charge in [-0.3, -0.25) is 4.79 Å². The highest BCUT2D eigenvalue weighted by Gasteiger charge is 2.53. The van der Waals surface area contributed by atoms with E-state index in [2.05, 4.69) is 10.3 Å². The Morgan fingerprint density at radius 1 is 0.781 bits per heavy atom. The van der Waals surface area contributed by atoms with Crippen LogP contribution in [-0.2, 0) is 21.6 Å². The van der Waals surface area contributed by atoms with E-state index < -0.39 is 11.6 Å². The van der Waals surface area contributed by atoms with E-state index >= 15 is 0 Å². The molecule has 2 aliphatic heterocycles. The zero-order valence-electron chi connectivity index (χ0n) is 35.2. The van der Waals surface area contributed by atoms with E-state index in [1.807, 2.05) is 48.5 Å². The standard InChI is InChI=1S/C51H45FN4O7S/c1-31-11-14-34(27-44(31)52)56-30-47(54-55-56)46-21-13-33-26-38(17-22-45(33)53-46)61-23-7-9-35(57)8-5-3-2-4-6-10-39(64)24-32-12-18-41-40(25-32)50(60)63-51(41)42-19-15-36(58)28-48(42)62-49-29-37(59)16-20-43(49)51/h11-22,25-30,58-59H,2-10,23-24H2,1H3. The number of aryl methyl sites for hydroxylation is 1. The summed E-state index contributed by atoms with van der Waals surface area (Å²) in [6.45, 7) is 2.16. The SMILES string of the molecule is Cc1ccc(-n2cc(-c3ccc4cc(OCCCC(=O)CCCCCCCC(=S)Cc5ccc6c(c5)C(=O)OC65c6ccc(O)cc6Oc6cc(O)ccc65)ccc4n3)nn2)cc1F. The van der Waals surface area contributed by atoms with Crippen LogP contribution in [0.2, 0.25) is 0 Å². The summed E-state index contributed by atoms with van der Waals surface area (Å²) in [4.78, 5) is 31.7. The van der Waals surface area contributed by atoms with E-state index in [1.165, 1.54) is 35.0 Å². The Bertz CT molecular complexity index is 2900. The van der Waals surface area contributed by atoms with Gasteiger partial charge >= 0.3 is 5.97 Å². The number of Topliss-reactive ketones (excluding diaryl/α,β-unsaturated/α-hetero) is 1. The topological polar surface area (TPSA) is 146 Å². The van der Waals surface area contributed by atoms with Crippen LogP contribution in [0, 0.1) is 12.7 Å². The third-order valence-corrected chi connectivity index (χ3v) is 12.2. The molecule has 0 amide bonds. The number of aromatic hydroxyl groups is 2. The molecule has 0 bridgehead atoms. The first-order valence-corrected chi connectivity index (χ1v) is 21.9. The quantitative estimate of drug-likeness (QED) is 0.0512. The van der Waals surface area contributed by atoms with Crippen LogP contribution in [0.5, 0.6) is 28.7 Å². The number of ether oxygens (including phenoxy) is 3. The number of ketones is 1. The number of hydrogen-bond donors (Lipinski definition) is 2. The van der Waals surface area contributed by atoms with E-state index in [0.717, 1.165) is 59.9 Å². The largest absolute Gasteiger partial charge is 0.508 e. The van der Waals surface area contributed by atoms with Gasteiger partial charge in [0.15, 0.2) is 5.60 Å². The molecule has 0 saturated carbocycles. The van der Waals surface area contributed by atoms with E-state index in [0.29, 0.717) is 94.4 Å². The number of unbranched alkanes of at least 4 members (excludes halogenated alkanes) is 4. The summed E-state index contributed by atoms with van der Waals surface area (Å²) in [5.41, 5.74) is 5.07. The average molecular weight is 877 g/mol. The second kappa shape index (κ2) is 18.0. The summed E-state index contributed by atoms with van der Waals surface area (Å²) in [6, 6.07) is 29.6. The van der Waals surface area contributed by atoms with Gasteiger partial charge in [-0.1, -0.05) is 61.0 Å². The summed E-state index contributed by atoms with van der Waals surface area (Å²) in [7, 11) is 0. The number of phenols is 2.